The average Bonchev–Trinajstić information content (AvgIpc) is 2.74. The van der Waals surface area contributed by atoms with Gasteiger partial charge in [-0.25, -0.2) is 0 Å². The van der Waals surface area contributed by atoms with E-state index in [4.69, 9.17) is 0 Å². The Kier molecular flexibility index (Phi) is 5.22. The molecule has 5 nitrogen and oxygen atoms in total. The summed E-state index contributed by atoms with van der Waals surface area (Å²) in [7, 11) is 1.84. The predicted octanol–water partition coefficient (Wildman–Crippen LogP) is 1.31. The molecule has 0 aromatic carbocycles. The van der Waals surface area contributed by atoms with Gasteiger partial charge in [-0.05, 0) is 7.05 Å². The molecular weight excluding hydrogens is 248 g/mol. The Bertz CT molecular complexity index is 397. The third kappa shape index (κ3) is 4.34. The molecule has 0 spiro atoms. The van der Waals surface area contributed by atoms with Gasteiger partial charge in [0.15, 0.2) is 0 Å². The number of nitrogens with zero attached hydrogens (tertiary/aromatic N) is 2. The third-order valence-corrected chi connectivity index (χ3v) is 3.83. The summed E-state index contributed by atoms with van der Waals surface area (Å²) in [5.74, 6) is 0.00173. The number of carbonyl (C=O) groups excluding carboxylic acids is 1. The normalized spacial score (nSPS) is 13.4. The van der Waals surface area contributed by atoms with E-state index in [0.29, 0.717) is 13.1 Å². The van der Waals surface area contributed by atoms with Gasteiger partial charge >= 0.3 is 0 Å². The summed E-state index contributed by atoms with van der Waals surface area (Å²) in [6.45, 7) is 9.34. The molecule has 0 aliphatic rings. The Morgan fingerprint density at radius 2 is 2.06 bits per heavy atom. The highest BCUT2D eigenvalue weighted by Gasteiger charge is 2.19. The summed E-state index contributed by atoms with van der Waals surface area (Å²) >= 11 is 1.55. The van der Waals surface area contributed by atoms with Gasteiger partial charge in [-0.3, -0.25) is 4.79 Å². The van der Waals surface area contributed by atoms with E-state index in [1.54, 1.807) is 11.3 Å². The zero-order chi connectivity index (χ0) is 13.8. The van der Waals surface area contributed by atoms with Crippen LogP contribution in [0.4, 0.5) is 0 Å². The fourth-order valence-corrected chi connectivity index (χ4v) is 2.20. The Morgan fingerprint density at radius 3 is 2.56 bits per heavy atom. The topological polar surface area (TPSA) is 66.9 Å². The first-order valence-electron chi connectivity index (χ1n) is 6.09. The summed E-state index contributed by atoms with van der Waals surface area (Å²) < 4.78 is 0. The van der Waals surface area contributed by atoms with Crippen LogP contribution < -0.4 is 10.6 Å². The molecule has 1 unspecified atom stereocenters. The van der Waals surface area contributed by atoms with E-state index in [1.807, 2.05) is 14.0 Å². The van der Waals surface area contributed by atoms with E-state index in [-0.39, 0.29) is 17.2 Å². The average molecular weight is 270 g/mol. The van der Waals surface area contributed by atoms with Crippen molar-refractivity contribution in [1.29, 1.82) is 0 Å². The van der Waals surface area contributed by atoms with Crippen LogP contribution in [0.2, 0.25) is 0 Å². The molecule has 0 bridgehead atoms. The number of hydrogen-bond acceptors (Lipinski definition) is 5. The Balaban J connectivity index is 2.49. The largest absolute Gasteiger partial charge is 0.349 e. The third-order valence-electron chi connectivity index (χ3n) is 2.48. The van der Waals surface area contributed by atoms with Gasteiger partial charge in [0.2, 0.25) is 5.91 Å². The van der Waals surface area contributed by atoms with Crippen molar-refractivity contribution in [3.63, 3.8) is 0 Å². The lowest BCUT2D eigenvalue weighted by Crippen LogP contribution is -2.33. The quantitative estimate of drug-likeness (QED) is 0.846. The fraction of sp³-hybridized carbons (Fsp3) is 0.750. The van der Waals surface area contributed by atoms with Gasteiger partial charge in [-0.15, -0.1) is 10.2 Å². The van der Waals surface area contributed by atoms with Gasteiger partial charge in [0.1, 0.15) is 10.0 Å². The zero-order valence-electron chi connectivity index (χ0n) is 11.7. The molecule has 1 rings (SSSR count). The van der Waals surface area contributed by atoms with Crippen molar-refractivity contribution in [3.05, 3.63) is 10.0 Å². The highest BCUT2D eigenvalue weighted by molar-refractivity contribution is 7.11. The van der Waals surface area contributed by atoms with Crippen LogP contribution in [-0.2, 0) is 16.8 Å². The Hall–Kier alpha value is -1.01. The van der Waals surface area contributed by atoms with Gasteiger partial charge in [-0.1, -0.05) is 39.0 Å². The lowest BCUT2D eigenvalue weighted by Gasteiger charge is -2.12. The van der Waals surface area contributed by atoms with Crippen LogP contribution in [0.5, 0.6) is 0 Å². The van der Waals surface area contributed by atoms with Crippen LogP contribution in [0.15, 0.2) is 0 Å². The minimum atomic E-state index is -0.0370. The van der Waals surface area contributed by atoms with Gasteiger partial charge in [0, 0.05) is 17.9 Å². The summed E-state index contributed by atoms with van der Waals surface area (Å²) in [5, 5.41) is 16.0. The van der Waals surface area contributed by atoms with Gasteiger partial charge < -0.3 is 10.6 Å². The molecule has 1 aromatic heterocycles. The summed E-state index contributed by atoms with van der Waals surface area (Å²) in [4.78, 5) is 11.7. The van der Waals surface area contributed by atoms with E-state index in [9.17, 15) is 4.79 Å². The van der Waals surface area contributed by atoms with Gasteiger partial charge in [0.05, 0.1) is 6.54 Å². The maximum atomic E-state index is 11.7. The summed E-state index contributed by atoms with van der Waals surface area (Å²) in [6.07, 6.45) is 0. The fourth-order valence-electron chi connectivity index (χ4n) is 1.36. The molecule has 0 aliphatic heterocycles. The minimum Gasteiger partial charge on any atom is -0.349 e. The number of carbonyl (C=O) groups is 1. The number of hydrogen-bond donors (Lipinski definition) is 2. The van der Waals surface area contributed by atoms with E-state index in [0.717, 1.165) is 10.0 Å². The SMILES string of the molecule is CNCC(C)C(=O)NCc1nnc(C(C)(C)C)s1. The maximum Gasteiger partial charge on any atom is 0.224 e. The molecule has 1 amide bonds. The zero-order valence-corrected chi connectivity index (χ0v) is 12.5. The standard InChI is InChI=1S/C12H22N4OS/c1-8(6-13-5)10(17)14-7-9-15-16-11(18-9)12(2,3)4/h8,13H,6-7H2,1-5H3,(H,14,17). The van der Waals surface area contributed by atoms with Crippen LogP contribution >= 0.6 is 11.3 Å². The van der Waals surface area contributed by atoms with Gasteiger partial charge in [0.25, 0.3) is 0 Å². The Labute approximate surface area is 112 Å². The monoisotopic (exact) mass is 270 g/mol. The summed E-state index contributed by atoms with van der Waals surface area (Å²) in [5.41, 5.74) is 0.0132. The van der Waals surface area contributed by atoms with Crippen molar-refractivity contribution in [3.8, 4) is 0 Å². The van der Waals surface area contributed by atoms with E-state index in [2.05, 4.69) is 41.6 Å². The van der Waals surface area contributed by atoms with Crippen molar-refractivity contribution < 1.29 is 4.79 Å². The van der Waals surface area contributed by atoms with Gasteiger partial charge in [-0.2, -0.15) is 0 Å². The smallest absolute Gasteiger partial charge is 0.224 e. The second-order valence-corrected chi connectivity index (χ2v) is 6.49. The first-order chi connectivity index (χ1) is 8.34. The number of rotatable bonds is 5. The predicted molar refractivity (Wildman–Crippen MR) is 73.5 cm³/mol. The second-order valence-electron chi connectivity index (χ2n) is 5.43. The number of nitrogens with one attached hydrogen (secondary N) is 2. The summed E-state index contributed by atoms with van der Waals surface area (Å²) in [6, 6.07) is 0. The lowest BCUT2D eigenvalue weighted by atomic mass is 9.98. The van der Waals surface area contributed by atoms with Crippen LogP contribution in [0.25, 0.3) is 0 Å². The molecule has 18 heavy (non-hydrogen) atoms. The molecule has 102 valence electrons. The molecule has 0 saturated carbocycles. The van der Waals surface area contributed by atoms with Crippen molar-refractivity contribution in [2.24, 2.45) is 5.92 Å². The van der Waals surface area contributed by atoms with E-state index < -0.39 is 0 Å². The van der Waals surface area contributed by atoms with Crippen molar-refractivity contribution >= 4 is 17.2 Å². The van der Waals surface area contributed by atoms with E-state index in [1.165, 1.54) is 0 Å². The molecule has 0 aliphatic carbocycles. The van der Waals surface area contributed by atoms with Crippen molar-refractivity contribution in [1.82, 2.24) is 20.8 Å². The van der Waals surface area contributed by atoms with Crippen molar-refractivity contribution in [2.45, 2.75) is 39.7 Å². The molecule has 0 radical (unpaired) electrons. The highest BCUT2D eigenvalue weighted by atomic mass is 32.1. The van der Waals surface area contributed by atoms with Crippen LogP contribution in [0.3, 0.4) is 0 Å². The van der Waals surface area contributed by atoms with E-state index >= 15 is 0 Å². The first-order valence-corrected chi connectivity index (χ1v) is 6.91. The molecule has 0 fully saturated rings. The number of aromatic nitrogens is 2. The first kappa shape index (κ1) is 15.0. The lowest BCUT2D eigenvalue weighted by molar-refractivity contribution is -0.124. The number of amides is 1. The molecule has 2 N–H and O–H groups in total. The molecule has 6 heteroatoms. The second kappa shape index (κ2) is 6.24. The van der Waals surface area contributed by atoms with Crippen LogP contribution in [0.1, 0.15) is 37.7 Å². The van der Waals surface area contributed by atoms with Crippen LogP contribution in [-0.4, -0.2) is 29.7 Å². The highest BCUT2D eigenvalue weighted by Crippen LogP contribution is 2.25. The molecule has 1 heterocycles. The van der Waals surface area contributed by atoms with Crippen molar-refractivity contribution in [2.75, 3.05) is 13.6 Å². The van der Waals surface area contributed by atoms with Crippen LogP contribution in [0, 0.1) is 5.92 Å². The molecule has 0 saturated heterocycles. The molecule has 1 aromatic rings. The Morgan fingerprint density at radius 1 is 1.39 bits per heavy atom. The molecule has 1 atom stereocenters. The maximum absolute atomic E-state index is 11.7. The molecular formula is C12H22N4OS. The minimum absolute atomic E-state index is 0.0132.